The van der Waals surface area contributed by atoms with Crippen LogP contribution in [-0.2, 0) is 12.8 Å². The van der Waals surface area contributed by atoms with Gasteiger partial charge in [-0.1, -0.05) is 181 Å². The van der Waals surface area contributed by atoms with Crippen molar-refractivity contribution in [2.75, 3.05) is 13.2 Å². The van der Waals surface area contributed by atoms with E-state index >= 15 is 0 Å². The minimum absolute atomic E-state index is 0.702. The Morgan fingerprint density at radius 1 is 0.400 bits per heavy atom. The van der Waals surface area contributed by atoms with Crippen LogP contribution in [0.5, 0.6) is 23.0 Å². The lowest BCUT2D eigenvalue weighted by molar-refractivity contribution is 0.304. The minimum Gasteiger partial charge on any atom is -0.494 e. The van der Waals surface area contributed by atoms with Crippen molar-refractivity contribution in [1.29, 1.82) is 0 Å². The van der Waals surface area contributed by atoms with E-state index in [0.717, 1.165) is 85.8 Å². The highest BCUT2D eigenvalue weighted by molar-refractivity contribution is 6.77. The van der Waals surface area contributed by atoms with Gasteiger partial charge in [0.2, 0.25) is 0 Å². The van der Waals surface area contributed by atoms with Crippen molar-refractivity contribution in [1.82, 2.24) is 19.9 Å². The van der Waals surface area contributed by atoms with E-state index in [-0.39, 0.29) is 0 Å². The highest BCUT2D eigenvalue weighted by atomic mass is 28.3. The Morgan fingerprint density at radius 3 is 1.14 bits per heavy atom. The number of benzene rings is 2. The van der Waals surface area contributed by atoms with Gasteiger partial charge in [0.05, 0.1) is 37.0 Å². The van der Waals surface area contributed by atoms with Gasteiger partial charge in [0, 0.05) is 27.3 Å². The Hall–Kier alpha value is -3.57. The molecule has 0 saturated heterocycles. The third-order valence-corrected chi connectivity index (χ3v) is 19.9. The molecule has 0 bridgehead atoms. The average Bonchev–Trinajstić information content (AvgIpc) is 3.31. The van der Waals surface area contributed by atoms with Gasteiger partial charge in [-0.15, -0.1) is 0 Å². The van der Waals surface area contributed by atoms with Crippen LogP contribution in [-0.4, -0.2) is 49.3 Å². The van der Waals surface area contributed by atoms with Crippen LogP contribution in [0.25, 0.3) is 22.8 Å². The molecule has 65 heavy (non-hydrogen) atoms. The van der Waals surface area contributed by atoms with E-state index in [1.165, 1.54) is 127 Å². The monoisotopic (exact) mass is 923 g/mol. The molecule has 0 spiro atoms. The van der Waals surface area contributed by atoms with E-state index < -0.39 is 16.1 Å². The summed E-state index contributed by atoms with van der Waals surface area (Å²) in [5, 5.41) is 0. The van der Waals surface area contributed by atoms with E-state index in [1.54, 1.807) is 0 Å². The maximum absolute atomic E-state index is 6.86. The maximum atomic E-state index is 6.86. The largest absolute Gasteiger partial charge is 0.494 e. The van der Waals surface area contributed by atoms with E-state index in [0.29, 0.717) is 23.1 Å². The fraction of sp³-hybridized carbons (Fsp3) is 0.643. The van der Waals surface area contributed by atoms with Crippen LogP contribution in [0.1, 0.15) is 167 Å². The molecule has 0 atom stereocenters. The molecule has 0 radical (unpaired) electrons. The van der Waals surface area contributed by atoms with Crippen molar-refractivity contribution in [3.8, 4) is 45.8 Å². The van der Waals surface area contributed by atoms with Crippen molar-refractivity contribution < 1.29 is 14.2 Å². The lowest BCUT2D eigenvalue weighted by Gasteiger charge is -2.22. The lowest BCUT2D eigenvalue weighted by Crippen LogP contribution is -2.24. The molecule has 0 N–H and O–H groups in total. The number of hydrogen-bond acceptors (Lipinski definition) is 7. The van der Waals surface area contributed by atoms with Gasteiger partial charge in [-0.25, -0.2) is 19.9 Å². The summed E-state index contributed by atoms with van der Waals surface area (Å²) in [6.45, 7) is 20.9. The predicted molar refractivity (Wildman–Crippen MR) is 283 cm³/mol. The molecule has 0 aliphatic carbocycles. The van der Waals surface area contributed by atoms with Gasteiger partial charge in [-0.3, -0.25) is 0 Å². The van der Waals surface area contributed by atoms with Crippen molar-refractivity contribution in [2.45, 2.75) is 219 Å². The van der Waals surface area contributed by atoms with Gasteiger partial charge < -0.3 is 14.2 Å². The lowest BCUT2D eigenvalue weighted by atomic mass is 10.1. The Bertz CT molecular complexity index is 1730. The van der Waals surface area contributed by atoms with E-state index in [1.807, 2.05) is 12.4 Å². The van der Waals surface area contributed by atoms with Crippen LogP contribution in [0, 0.1) is 0 Å². The molecule has 0 aliphatic heterocycles. The number of aromatic nitrogens is 4. The number of aryl methyl sites for hydroxylation is 2. The van der Waals surface area contributed by atoms with Crippen molar-refractivity contribution in [2.24, 2.45) is 0 Å². The zero-order valence-corrected chi connectivity index (χ0v) is 44.6. The summed E-state index contributed by atoms with van der Waals surface area (Å²) in [7, 11) is -2.43. The first-order valence-electron chi connectivity index (χ1n) is 26.4. The van der Waals surface area contributed by atoms with Gasteiger partial charge in [0.25, 0.3) is 0 Å². The second kappa shape index (κ2) is 30.7. The zero-order chi connectivity index (χ0) is 46.6. The SMILES string of the molecule is CCCCCCCCOc1ccc(-c2ncc(Oc3cnc(-c4ccc(OCCCCCCCC)cc4)nc3CCCC[Si](C)(C)CCCC)c(CCCC[Si](C)(C)CCCC)n2)cc1. The Balaban J connectivity index is 1.54. The van der Waals surface area contributed by atoms with Gasteiger partial charge in [-0.2, -0.15) is 0 Å². The highest BCUT2D eigenvalue weighted by Crippen LogP contribution is 2.33. The van der Waals surface area contributed by atoms with Gasteiger partial charge >= 0.3 is 0 Å². The van der Waals surface area contributed by atoms with E-state index in [4.69, 9.17) is 34.1 Å². The third kappa shape index (κ3) is 21.3. The second-order valence-corrected chi connectivity index (χ2v) is 31.0. The summed E-state index contributed by atoms with van der Waals surface area (Å²) >= 11 is 0. The van der Waals surface area contributed by atoms with Crippen molar-refractivity contribution >= 4 is 16.1 Å². The molecule has 0 amide bonds. The van der Waals surface area contributed by atoms with Gasteiger partial charge in [0.1, 0.15) is 11.5 Å². The molecule has 0 fully saturated rings. The summed E-state index contributed by atoms with van der Waals surface area (Å²) in [6.07, 6.45) is 30.3. The fourth-order valence-corrected chi connectivity index (χ4v) is 14.2. The molecule has 0 saturated carbocycles. The first-order valence-corrected chi connectivity index (χ1v) is 33.3. The molecule has 2 aromatic carbocycles. The van der Waals surface area contributed by atoms with Crippen molar-refractivity contribution in [3.63, 3.8) is 0 Å². The molecule has 7 nitrogen and oxygen atoms in total. The van der Waals surface area contributed by atoms with Gasteiger partial charge in [-0.05, 0) is 87.1 Å². The summed E-state index contributed by atoms with van der Waals surface area (Å²) in [5.74, 6) is 4.63. The van der Waals surface area contributed by atoms with Crippen LogP contribution >= 0.6 is 0 Å². The fourth-order valence-electron chi connectivity index (χ4n) is 8.64. The molecule has 9 heteroatoms. The summed E-state index contributed by atoms with van der Waals surface area (Å²) < 4.78 is 19.1. The zero-order valence-electron chi connectivity index (χ0n) is 42.6. The number of unbranched alkanes of at least 4 members (excludes halogenated alkanes) is 14. The molecule has 360 valence electrons. The molecule has 2 aromatic heterocycles. The van der Waals surface area contributed by atoms with Crippen LogP contribution in [0.3, 0.4) is 0 Å². The minimum atomic E-state index is -1.22. The molecule has 0 unspecified atom stereocenters. The molecule has 4 rings (SSSR count). The van der Waals surface area contributed by atoms with Gasteiger partial charge in [0.15, 0.2) is 23.1 Å². The maximum Gasteiger partial charge on any atom is 0.167 e. The Kier molecular flexibility index (Phi) is 25.5. The normalized spacial score (nSPS) is 11.9. The molecule has 4 aromatic rings. The second-order valence-electron chi connectivity index (χ2n) is 20.3. The van der Waals surface area contributed by atoms with Crippen LogP contribution in [0.15, 0.2) is 60.9 Å². The van der Waals surface area contributed by atoms with Crippen molar-refractivity contribution in [3.05, 3.63) is 72.3 Å². The number of ether oxygens (including phenoxy) is 3. The Morgan fingerprint density at radius 2 is 0.754 bits per heavy atom. The number of nitrogens with zero attached hydrogens (tertiary/aromatic N) is 4. The van der Waals surface area contributed by atoms with Crippen LogP contribution in [0.4, 0.5) is 0 Å². The molecule has 0 aliphatic rings. The molecular weight excluding hydrogens is 833 g/mol. The topological polar surface area (TPSA) is 79.2 Å². The molecule has 2 heterocycles. The molecular formula is C56H90N4O3Si2. The summed E-state index contributed by atoms with van der Waals surface area (Å²) in [5.41, 5.74) is 3.86. The first kappa shape index (κ1) is 54.0. The quantitative estimate of drug-likeness (QED) is 0.0332. The summed E-state index contributed by atoms with van der Waals surface area (Å²) in [4.78, 5) is 20.3. The first-order chi connectivity index (χ1) is 31.6. The van der Waals surface area contributed by atoms with E-state index in [9.17, 15) is 0 Å². The van der Waals surface area contributed by atoms with Crippen LogP contribution in [0.2, 0.25) is 50.4 Å². The smallest absolute Gasteiger partial charge is 0.167 e. The third-order valence-electron chi connectivity index (χ3n) is 13.1. The van der Waals surface area contributed by atoms with Crippen LogP contribution < -0.4 is 14.2 Å². The number of rotatable bonds is 36. The number of hydrogen-bond donors (Lipinski definition) is 0. The Labute approximate surface area is 399 Å². The highest BCUT2D eigenvalue weighted by Gasteiger charge is 2.22. The standard InChI is InChI=1S/C56H90N4O3Si2/c1-9-13-17-19-21-25-39-61-49-35-31-47(32-36-49)55-57-45-53(51(59-55)29-23-27-43-64(5,6)41-15-11-3)63-54-46-58-56(60-52(54)30-24-28-44-65(7,8)42-16-12-4)48-33-37-50(38-34-48)62-40-26-22-20-18-14-10-2/h31-38,45-46H,9-30,39-44H2,1-8H3. The predicted octanol–water partition coefficient (Wildman–Crippen LogP) is 17.5. The summed E-state index contributed by atoms with van der Waals surface area (Å²) in [6, 6.07) is 22.1. The van der Waals surface area contributed by atoms with E-state index in [2.05, 4.69) is 102 Å². The average molecular weight is 924 g/mol.